The van der Waals surface area contributed by atoms with Crippen molar-refractivity contribution in [2.24, 2.45) is 0 Å². The zero-order valence-corrected chi connectivity index (χ0v) is 15.5. The second-order valence-electron chi connectivity index (χ2n) is 5.93. The molecule has 0 saturated carbocycles. The highest BCUT2D eigenvalue weighted by molar-refractivity contribution is 5.66. The molecule has 0 aliphatic heterocycles. The Labute approximate surface area is 153 Å². The molecule has 25 heavy (non-hydrogen) atoms. The van der Waals surface area contributed by atoms with Gasteiger partial charge in [-0.2, -0.15) is 0 Å². The Morgan fingerprint density at radius 2 is 1.56 bits per heavy atom. The van der Waals surface area contributed by atoms with Crippen LogP contribution in [-0.4, -0.2) is 22.3 Å². The second-order valence-corrected chi connectivity index (χ2v) is 5.93. The number of aliphatic carboxylic acids is 1. The fraction of sp³-hybridized carbons (Fsp3) is 0.500. The molecule has 1 atom stereocenters. The fourth-order valence-corrected chi connectivity index (χ4v) is 2.06. The number of aliphatic hydroxyl groups excluding tert-OH is 1. The second kappa shape index (κ2) is 18.5. The van der Waals surface area contributed by atoms with Gasteiger partial charge in [0.15, 0.2) is 0 Å². The van der Waals surface area contributed by atoms with Crippen LogP contribution in [-0.2, 0) is 4.79 Å². The van der Waals surface area contributed by atoms with E-state index in [1.165, 1.54) is 19.3 Å². The van der Waals surface area contributed by atoms with Crippen LogP contribution < -0.4 is 0 Å². The maximum absolute atomic E-state index is 10.3. The third-order valence-corrected chi connectivity index (χ3v) is 3.50. The monoisotopic (exact) mass is 346 g/mol. The lowest BCUT2D eigenvalue weighted by molar-refractivity contribution is -0.136. The number of unbranched alkanes of at least 4 members (excludes halogenated alkanes) is 3. The summed E-state index contributed by atoms with van der Waals surface area (Å²) in [6.45, 7) is 2.21. The van der Waals surface area contributed by atoms with E-state index in [1.807, 2.05) is 36.5 Å². The number of carboxylic acid groups (broad SMARTS) is 1. The quantitative estimate of drug-likeness (QED) is 0.226. The summed E-state index contributed by atoms with van der Waals surface area (Å²) in [5, 5.41) is 18.3. The van der Waals surface area contributed by atoms with E-state index in [-0.39, 0.29) is 6.42 Å². The minimum atomic E-state index is -0.771. The topological polar surface area (TPSA) is 57.5 Å². The Morgan fingerprint density at radius 1 is 0.880 bits per heavy atom. The Hall–Kier alpha value is -1.87. The van der Waals surface area contributed by atoms with Crippen molar-refractivity contribution in [3.8, 4) is 0 Å². The molecule has 3 heteroatoms. The Morgan fingerprint density at radius 3 is 2.28 bits per heavy atom. The van der Waals surface area contributed by atoms with Crippen LogP contribution in [0.25, 0.3) is 0 Å². The van der Waals surface area contributed by atoms with Gasteiger partial charge in [0.05, 0.1) is 6.10 Å². The number of aliphatic hydroxyl groups is 1. The Kier molecular flexibility index (Phi) is 17.1. The number of hydrogen-bond acceptors (Lipinski definition) is 2. The van der Waals surface area contributed by atoms with E-state index < -0.39 is 12.1 Å². The first kappa shape index (κ1) is 23.1. The highest BCUT2D eigenvalue weighted by atomic mass is 16.4. The number of carboxylic acids is 1. The van der Waals surface area contributed by atoms with E-state index in [0.29, 0.717) is 12.8 Å². The minimum absolute atomic E-state index is 0.173. The first-order valence-corrected chi connectivity index (χ1v) is 9.35. The molecular formula is C22H34O3. The molecule has 140 valence electrons. The molecule has 2 N–H and O–H groups in total. The zero-order chi connectivity index (χ0) is 18.6. The molecule has 0 fully saturated rings. The third-order valence-electron chi connectivity index (χ3n) is 3.50. The number of allylic oxidation sites excluding steroid dienone is 8. The van der Waals surface area contributed by atoms with Gasteiger partial charge in [-0.05, 0) is 38.5 Å². The van der Waals surface area contributed by atoms with Crippen LogP contribution >= 0.6 is 0 Å². The van der Waals surface area contributed by atoms with Gasteiger partial charge in [-0.3, -0.25) is 4.79 Å². The van der Waals surface area contributed by atoms with E-state index in [2.05, 4.69) is 25.2 Å². The fourth-order valence-electron chi connectivity index (χ4n) is 2.06. The molecule has 0 spiro atoms. The molecule has 0 bridgehead atoms. The van der Waals surface area contributed by atoms with E-state index >= 15 is 0 Å². The van der Waals surface area contributed by atoms with Crippen molar-refractivity contribution >= 4 is 5.97 Å². The number of carbonyl (C=O) groups is 1. The van der Waals surface area contributed by atoms with E-state index in [4.69, 9.17) is 5.11 Å². The standard InChI is InChI=1S/C22H34O3/c1-2-3-4-5-6-7-8-9-12-15-18-21(23)19-16-13-10-11-14-17-20-22(24)25/h6-7,9,11-16,18,21,23H,2-5,8,10,17,19-20H2,1H3,(H,24,25)/b7-6-,12-9-,14-11-,16-13-,18-15+. The summed E-state index contributed by atoms with van der Waals surface area (Å²) in [6.07, 6.45) is 27.4. The van der Waals surface area contributed by atoms with E-state index in [9.17, 15) is 9.90 Å². The molecule has 0 heterocycles. The van der Waals surface area contributed by atoms with Crippen molar-refractivity contribution in [3.63, 3.8) is 0 Å². The van der Waals surface area contributed by atoms with Gasteiger partial charge in [0.2, 0.25) is 0 Å². The summed E-state index contributed by atoms with van der Waals surface area (Å²) in [7, 11) is 0. The van der Waals surface area contributed by atoms with E-state index in [1.54, 1.807) is 6.08 Å². The normalized spacial score (nSPS) is 14.0. The van der Waals surface area contributed by atoms with Crippen LogP contribution in [0.5, 0.6) is 0 Å². The Bertz CT molecular complexity index is 456. The predicted molar refractivity (Wildman–Crippen MR) is 107 cm³/mol. The van der Waals surface area contributed by atoms with Crippen molar-refractivity contribution < 1.29 is 15.0 Å². The lowest BCUT2D eigenvalue weighted by atomic mass is 10.2. The largest absolute Gasteiger partial charge is 0.481 e. The molecular weight excluding hydrogens is 312 g/mol. The van der Waals surface area contributed by atoms with Crippen LogP contribution in [0.3, 0.4) is 0 Å². The maximum atomic E-state index is 10.3. The molecule has 0 amide bonds. The van der Waals surface area contributed by atoms with Gasteiger partial charge in [-0.1, -0.05) is 80.5 Å². The highest BCUT2D eigenvalue weighted by Crippen LogP contribution is 2.01. The zero-order valence-electron chi connectivity index (χ0n) is 15.5. The van der Waals surface area contributed by atoms with Gasteiger partial charge in [-0.15, -0.1) is 0 Å². The first-order valence-electron chi connectivity index (χ1n) is 9.35. The average molecular weight is 347 g/mol. The lowest BCUT2D eigenvalue weighted by Gasteiger charge is -1.98. The van der Waals surface area contributed by atoms with Gasteiger partial charge >= 0.3 is 5.97 Å². The first-order chi connectivity index (χ1) is 12.2. The maximum Gasteiger partial charge on any atom is 0.303 e. The molecule has 1 unspecified atom stereocenters. The van der Waals surface area contributed by atoms with Gasteiger partial charge in [0, 0.05) is 6.42 Å². The summed E-state index contributed by atoms with van der Waals surface area (Å²) in [5.74, 6) is -0.771. The summed E-state index contributed by atoms with van der Waals surface area (Å²) < 4.78 is 0. The molecule has 0 rings (SSSR count). The van der Waals surface area contributed by atoms with Gasteiger partial charge in [0.25, 0.3) is 0 Å². The van der Waals surface area contributed by atoms with Crippen molar-refractivity contribution in [2.75, 3.05) is 0 Å². The molecule has 3 nitrogen and oxygen atoms in total. The summed E-state index contributed by atoms with van der Waals surface area (Å²) in [5.41, 5.74) is 0. The van der Waals surface area contributed by atoms with Crippen LogP contribution in [0, 0.1) is 0 Å². The van der Waals surface area contributed by atoms with Crippen molar-refractivity contribution in [2.45, 2.75) is 70.8 Å². The average Bonchev–Trinajstić information content (AvgIpc) is 2.58. The van der Waals surface area contributed by atoms with E-state index in [0.717, 1.165) is 19.3 Å². The van der Waals surface area contributed by atoms with Crippen LogP contribution in [0.15, 0.2) is 60.8 Å². The lowest BCUT2D eigenvalue weighted by Crippen LogP contribution is -1.98. The molecule has 0 saturated heterocycles. The van der Waals surface area contributed by atoms with Crippen molar-refractivity contribution in [1.29, 1.82) is 0 Å². The molecule has 0 aliphatic rings. The number of rotatable bonds is 15. The van der Waals surface area contributed by atoms with Crippen LogP contribution in [0.1, 0.15) is 64.7 Å². The van der Waals surface area contributed by atoms with Gasteiger partial charge in [-0.25, -0.2) is 0 Å². The van der Waals surface area contributed by atoms with Crippen LogP contribution in [0.4, 0.5) is 0 Å². The molecule has 0 aromatic rings. The van der Waals surface area contributed by atoms with Crippen LogP contribution in [0.2, 0.25) is 0 Å². The molecule has 0 aliphatic carbocycles. The summed E-state index contributed by atoms with van der Waals surface area (Å²) in [4.78, 5) is 10.3. The SMILES string of the molecule is CCCCC/C=C\C/C=C\C=C\C(O)C/C=C\C/C=C\CCC(=O)O. The predicted octanol–water partition coefficient (Wildman–Crippen LogP) is 5.74. The molecule has 0 radical (unpaired) electrons. The molecule has 0 aromatic heterocycles. The van der Waals surface area contributed by atoms with Gasteiger partial charge < -0.3 is 10.2 Å². The molecule has 0 aromatic carbocycles. The summed E-state index contributed by atoms with van der Waals surface area (Å²) in [6, 6.07) is 0. The Balaban J connectivity index is 3.68. The minimum Gasteiger partial charge on any atom is -0.481 e. The van der Waals surface area contributed by atoms with Gasteiger partial charge in [0.1, 0.15) is 0 Å². The van der Waals surface area contributed by atoms with Crippen molar-refractivity contribution in [3.05, 3.63) is 60.8 Å². The number of hydrogen-bond donors (Lipinski definition) is 2. The van der Waals surface area contributed by atoms with Crippen molar-refractivity contribution in [1.82, 2.24) is 0 Å². The smallest absolute Gasteiger partial charge is 0.303 e. The summed E-state index contributed by atoms with van der Waals surface area (Å²) >= 11 is 0. The highest BCUT2D eigenvalue weighted by Gasteiger charge is 1.93. The third kappa shape index (κ3) is 20.1.